The van der Waals surface area contributed by atoms with Crippen molar-refractivity contribution >= 4 is 28.8 Å². The van der Waals surface area contributed by atoms with Crippen molar-refractivity contribution in [2.75, 3.05) is 41.3 Å². The van der Waals surface area contributed by atoms with Crippen LogP contribution in [0.3, 0.4) is 0 Å². The lowest BCUT2D eigenvalue weighted by molar-refractivity contribution is 0.349. The summed E-state index contributed by atoms with van der Waals surface area (Å²) >= 11 is 0. The molecule has 0 amide bonds. The maximum atomic E-state index is 6.29. The Labute approximate surface area is 205 Å². The monoisotopic (exact) mass is 475 g/mol. The third-order valence-corrected chi connectivity index (χ3v) is 8.10. The molecule has 4 aliphatic heterocycles. The summed E-state index contributed by atoms with van der Waals surface area (Å²) in [5, 5.41) is 6.73. The molecule has 2 aromatic rings. The Morgan fingerprint density at radius 3 is 2.54 bits per heavy atom. The summed E-state index contributed by atoms with van der Waals surface area (Å²) in [5.41, 5.74) is 4.72. The molecular formula is C26H33N7O2. The van der Waals surface area contributed by atoms with E-state index in [0.29, 0.717) is 12.0 Å². The van der Waals surface area contributed by atoms with E-state index in [2.05, 4.69) is 45.3 Å². The number of nitrogens with one attached hydrogen (secondary N) is 2. The fourth-order valence-electron chi connectivity index (χ4n) is 6.06. The van der Waals surface area contributed by atoms with Crippen LogP contribution in [0, 0.1) is 0 Å². The topological polar surface area (TPSA) is 94.3 Å². The van der Waals surface area contributed by atoms with Crippen molar-refractivity contribution in [3.05, 3.63) is 35.7 Å². The SMILES string of the molecule is CC1=C(C2OC2C)C2OC2N(C2CCCC2)c2nc(Nc3ccc(N4CCNCC4)cn3)ncc21. The third kappa shape index (κ3) is 3.86. The van der Waals surface area contributed by atoms with E-state index >= 15 is 0 Å². The molecule has 0 bridgehead atoms. The van der Waals surface area contributed by atoms with Gasteiger partial charge in [-0.05, 0) is 50.0 Å². The molecule has 9 nitrogen and oxygen atoms in total. The number of anilines is 4. The number of aromatic nitrogens is 3. The number of hydrogen-bond acceptors (Lipinski definition) is 9. The second-order valence-corrected chi connectivity index (χ2v) is 10.3. The number of pyridine rings is 1. The average molecular weight is 476 g/mol. The molecule has 2 aromatic heterocycles. The van der Waals surface area contributed by atoms with Crippen LogP contribution in [-0.2, 0) is 9.47 Å². The number of epoxide rings is 2. The zero-order valence-corrected chi connectivity index (χ0v) is 20.4. The highest BCUT2D eigenvalue weighted by Crippen LogP contribution is 2.51. The second kappa shape index (κ2) is 8.43. The summed E-state index contributed by atoms with van der Waals surface area (Å²) in [4.78, 5) is 19.2. The second-order valence-electron chi connectivity index (χ2n) is 10.3. The summed E-state index contributed by atoms with van der Waals surface area (Å²) in [6, 6.07) is 4.58. The van der Waals surface area contributed by atoms with E-state index in [-0.39, 0.29) is 24.5 Å². The summed E-state index contributed by atoms with van der Waals surface area (Å²) < 4.78 is 12.2. The quantitative estimate of drug-likeness (QED) is 0.633. The van der Waals surface area contributed by atoms with Crippen molar-refractivity contribution in [2.45, 2.75) is 70.1 Å². The summed E-state index contributed by atoms with van der Waals surface area (Å²) in [6.07, 6.45) is 9.31. The van der Waals surface area contributed by atoms with Crippen LogP contribution >= 0.6 is 0 Å². The molecule has 6 heterocycles. The Morgan fingerprint density at radius 2 is 1.83 bits per heavy atom. The first-order valence-electron chi connectivity index (χ1n) is 13.0. The van der Waals surface area contributed by atoms with Crippen LogP contribution in [0.1, 0.15) is 45.1 Å². The minimum absolute atomic E-state index is 0.0416. The molecule has 4 unspecified atom stereocenters. The van der Waals surface area contributed by atoms with E-state index in [0.717, 1.165) is 49.1 Å². The number of rotatable bonds is 5. The van der Waals surface area contributed by atoms with E-state index < -0.39 is 0 Å². The summed E-state index contributed by atoms with van der Waals surface area (Å²) in [6.45, 7) is 8.33. The molecule has 184 valence electrons. The molecule has 9 heteroatoms. The van der Waals surface area contributed by atoms with Crippen LogP contribution in [0.5, 0.6) is 0 Å². The lowest BCUT2D eigenvalue weighted by Crippen LogP contribution is -2.43. The van der Waals surface area contributed by atoms with Crippen molar-refractivity contribution < 1.29 is 9.47 Å². The Hall–Kier alpha value is -2.75. The fraction of sp³-hybridized carbons (Fsp3) is 0.577. The van der Waals surface area contributed by atoms with Gasteiger partial charge < -0.3 is 29.9 Å². The number of fused-ring (bicyclic) bond motifs is 2. The van der Waals surface area contributed by atoms with Gasteiger partial charge in [-0.2, -0.15) is 4.98 Å². The van der Waals surface area contributed by atoms with Gasteiger partial charge in [-0.15, -0.1) is 0 Å². The smallest absolute Gasteiger partial charge is 0.230 e. The maximum Gasteiger partial charge on any atom is 0.230 e. The predicted molar refractivity (Wildman–Crippen MR) is 135 cm³/mol. The van der Waals surface area contributed by atoms with Crippen LogP contribution in [0.25, 0.3) is 5.57 Å². The van der Waals surface area contributed by atoms with E-state index in [1.807, 2.05) is 18.5 Å². The zero-order chi connectivity index (χ0) is 23.5. The van der Waals surface area contributed by atoms with Crippen molar-refractivity contribution in [1.82, 2.24) is 20.3 Å². The highest BCUT2D eigenvalue weighted by Gasteiger charge is 2.57. The van der Waals surface area contributed by atoms with E-state index in [4.69, 9.17) is 19.4 Å². The Morgan fingerprint density at radius 1 is 1.03 bits per heavy atom. The van der Waals surface area contributed by atoms with E-state index in [1.54, 1.807) is 0 Å². The van der Waals surface area contributed by atoms with Gasteiger partial charge in [-0.3, -0.25) is 0 Å². The highest BCUT2D eigenvalue weighted by atomic mass is 16.6. The minimum atomic E-state index is 0.0416. The van der Waals surface area contributed by atoms with Gasteiger partial charge in [0, 0.05) is 44.0 Å². The van der Waals surface area contributed by atoms with Crippen LogP contribution in [0.2, 0.25) is 0 Å². The lowest BCUT2D eigenvalue weighted by Gasteiger charge is -2.30. The molecule has 0 radical (unpaired) electrons. The molecule has 35 heavy (non-hydrogen) atoms. The maximum absolute atomic E-state index is 6.29. The van der Waals surface area contributed by atoms with Crippen LogP contribution < -0.4 is 20.4 Å². The van der Waals surface area contributed by atoms with Gasteiger partial charge >= 0.3 is 0 Å². The Kier molecular flexibility index (Phi) is 5.18. The van der Waals surface area contributed by atoms with E-state index in [9.17, 15) is 0 Å². The predicted octanol–water partition coefficient (Wildman–Crippen LogP) is 3.07. The van der Waals surface area contributed by atoms with Gasteiger partial charge in [-0.25, -0.2) is 9.97 Å². The van der Waals surface area contributed by atoms with Gasteiger partial charge in [0.25, 0.3) is 0 Å². The van der Waals surface area contributed by atoms with Crippen molar-refractivity contribution in [3.8, 4) is 0 Å². The first kappa shape index (κ1) is 21.5. The van der Waals surface area contributed by atoms with Crippen molar-refractivity contribution in [1.29, 1.82) is 0 Å². The first-order valence-corrected chi connectivity index (χ1v) is 13.0. The van der Waals surface area contributed by atoms with Gasteiger partial charge in [-0.1, -0.05) is 12.8 Å². The largest absolute Gasteiger partial charge is 0.368 e. The lowest BCUT2D eigenvalue weighted by atomic mass is 9.98. The van der Waals surface area contributed by atoms with Gasteiger partial charge in [0.1, 0.15) is 23.8 Å². The van der Waals surface area contributed by atoms with Crippen molar-refractivity contribution in [2.24, 2.45) is 0 Å². The first-order chi connectivity index (χ1) is 17.2. The number of allylic oxidation sites excluding steroid dienone is 1. The van der Waals surface area contributed by atoms with Crippen LogP contribution in [0.15, 0.2) is 30.1 Å². The van der Waals surface area contributed by atoms with Crippen molar-refractivity contribution in [3.63, 3.8) is 0 Å². The molecule has 7 rings (SSSR count). The molecule has 1 aliphatic carbocycles. The third-order valence-electron chi connectivity index (χ3n) is 8.10. The molecular weight excluding hydrogens is 442 g/mol. The average Bonchev–Trinajstić information content (AvgIpc) is 3.75. The zero-order valence-electron chi connectivity index (χ0n) is 20.4. The normalized spacial score (nSPS) is 30.1. The molecule has 3 saturated heterocycles. The molecule has 2 N–H and O–H groups in total. The van der Waals surface area contributed by atoms with E-state index in [1.165, 1.54) is 36.8 Å². The molecule has 0 aromatic carbocycles. The highest BCUT2D eigenvalue weighted by molar-refractivity contribution is 5.80. The standard InChI is InChI=1S/C26H33N7O2/c1-15-19-14-29-26(30-20-8-7-18(13-28-20)32-11-9-27-10-12-32)31-24(19)33(17-5-3-4-6-17)25-23(35-25)21(15)22-16(2)34-22/h7-8,13-14,16-17,22-23,25,27H,3-6,9-12H2,1-2H3,(H,28,29,30,31). The van der Waals surface area contributed by atoms with Crippen LogP contribution in [0.4, 0.5) is 23.3 Å². The molecule has 4 atom stereocenters. The van der Waals surface area contributed by atoms with Crippen LogP contribution in [-0.4, -0.2) is 71.7 Å². The minimum Gasteiger partial charge on any atom is -0.368 e. The molecule has 0 spiro atoms. The van der Waals surface area contributed by atoms with Gasteiger partial charge in [0.15, 0.2) is 6.23 Å². The molecule has 1 saturated carbocycles. The molecule has 5 aliphatic rings. The number of piperazine rings is 1. The Balaban J connectivity index is 1.20. The fourth-order valence-corrected chi connectivity index (χ4v) is 6.06. The summed E-state index contributed by atoms with van der Waals surface area (Å²) in [7, 11) is 0. The number of ether oxygens (including phenoxy) is 2. The molecule has 4 fully saturated rings. The number of nitrogens with zero attached hydrogens (tertiary/aromatic N) is 5. The Bertz CT molecular complexity index is 1140. The van der Waals surface area contributed by atoms with Gasteiger partial charge in [0.05, 0.1) is 18.0 Å². The number of hydrogen-bond donors (Lipinski definition) is 2. The summed E-state index contributed by atoms with van der Waals surface area (Å²) in [5.74, 6) is 2.29. The van der Waals surface area contributed by atoms with Gasteiger partial charge in [0.2, 0.25) is 5.95 Å².